The fourth-order valence-corrected chi connectivity index (χ4v) is 4.99. The highest BCUT2D eigenvalue weighted by atomic mass is 32.2. The molecule has 0 bridgehead atoms. The normalized spacial score (nSPS) is 12.8. The monoisotopic (exact) mass is 454 g/mol. The van der Waals surface area contributed by atoms with Crippen molar-refractivity contribution in [2.24, 2.45) is 0 Å². The molecule has 0 nitrogen and oxygen atoms in total. The quantitative estimate of drug-likeness (QED) is 0.235. The van der Waals surface area contributed by atoms with Gasteiger partial charge in [-0.05, 0) is 70.5 Å². The zero-order valence-electron chi connectivity index (χ0n) is 14.6. The average molecular weight is 454 g/mol. The van der Waals surface area contributed by atoms with Gasteiger partial charge >= 0.3 is 12.4 Å². The number of rotatable bonds is 3. The van der Waals surface area contributed by atoms with E-state index in [9.17, 15) is 39.5 Å². The van der Waals surface area contributed by atoms with Crippen LogP contribution >= 0.6 is 10.9 Å². The van der Waals surface area contributed by atoms with Gasteiger partial charge in [0.1, 0.15) is 0 Å². The second kappa shape index (κ2) is 7.90. The smallest absolute Gasteiger partial charge is 0.204 e. The minimum absolute atomic E-state index is 0.110. The van der Waals surface area contributed by atoms with Gasteiger partial charge in [-0.1, -0.05) is 0 Å². The van der Waals surface area contributed by atoms with Gasteiger partial charge in [-0.15, -0.1) is 0 Å². The van der Waals surface area contributed by atoms with Crippen molar-refractivity contribution in [1.82, 2.24) is 0 Å². The third-order valence-electron chi connectivity index (χ3n) is 4.13. The summed E-state index contributed by atoms with van der Waals surface area (Å²) in [7, 11) is -1.97. The molecule has 10 heteroatoms. The predicted molar refractivity (Wildman–Crippen MR) is 93.0 cm³/mol. The van der Waals surface area contributed by atoms with Gasteiger partial charge in [-0.3, -0.25) is 0 Å². The number of hydrogen-bond acceptors (Lipinski definition) is 0. The van der Waals surface area contributed by atoms with Crippen molar-refractivity contribution in [2.75, 3.05) is 0 Å². The summed E-state index contributed by atoms with van der Waals surface area (Å²) < 4.78 is 118. The molecule has 0 radical (unpaired) electrons. The molecule has 3 aromatic carbocycles. The summed E-state index contributed by atoms with van der Waals surface area (Å²) in [5.74, 6) is -4.76. The maximum Gasteiger partial charge on any atom is 0.416 e. The van der Waals surface area contributed by atoms with Crippen molar-refractivity contribution in [1.29, 1.82) is 0 Å². The molecule has 0 heterocycles. The Morgan fingerprint density at radius 1 is 0.500 bits per heavy atom. The molecular weight excluding hydrogens is 443 g/mol. The van der Waals surface area contributed by atoms with E-state index in [0.29, 0.717) is 12.1 Å². The summed E-state index contributed by atoms with van der Waals surface area (Å²) in [5.41, 5.74) is -1.94. The molecule has 0 aliphatic heterocycles. The second-order valence-electron chi connectivity index (χ2n) is 6.15. The van der Waals surface area contributed by atoms with E-state index in [1.807, 2.05) is 0 Å². The summed E-state index contributed by atoms with van der Waals surface area (Å²) >= 11 is 0. The summed E-state index contributed by atoms with van der Waals surface area (Å²) in [6, 6.07) is 8.68. The van der Waals surface area contributed by atoms with Crippen molar-refractivity contribution < 1.29 is 39.5 Å². The van der Waals surface area contributed by atoms with Crippen LogP contribution < -0.4 is 0 Å². The van der Waals surface area contributed by atoms with Crippen LogP contribution in [0, 0.1) is 17.5 Å². The van der Waals surface area contributed by atoms with Crippen LogP contribution in [0.4, 0.5) is 39.5 Å². The molecule has 0 aliphatic rings. The standard InChI is InChI=1S/C20H11F9S/c21-16-9-15(10-17(22)18(16)23)30(13-5-1-11(2-6-13)19(24,25)26)14-7-3-12(4-8-14)20(27,28)29/h1-10,30H. The third kappa shape index (κ3) is 4.58. The van der Waals surface area contributed by atoms with Gasteiger partial charge in [0.05, 0.1) is 11.1 Å². The van der Waals surface area contributed by atoms with Gasteiger partial charge in [0.15, 0.2) is 17.5 Å². The van der Waals surface area contributed by atoms with Crippen molar-refractivity contribution in [2.45, 2.75) is 27.0 Å². The maximum atomic E-state index is 13.8. The first kappa shape index (κ1) is 22.1. The van der Waals surface area contributed by atoms with Gasteiger partial charge in [0, 0.05) is 4.90 Å². The predicted octanol–water partition coefficient (Wildman–Crippen LogP) is 7.62. The van der Waals surface area contributed by atoms with E-state index in [-0.39, 0.29) is 14.7 Å². The zero-order valence-corrected chi connectivity index (χ0v) is 15.5. The minimum Gasteiger partial charge on any atom is -0.204 e. The molecule has 3 aromatic rings. The molecule has 160 valence electrons. The first-order valence-electron chi connectivity index (χ1n) is 8.17. The van der Waals surface area contributed by atoms with Crippen LogP contribution in [0.3, 0.4) is 0 Å². The number of alkyl halides is 6. The zero-order chi connectivity index (χ0) is 22.3. The Balaban J connectivity index is 2.14. The Bertz CT molecular complexity index is 955. The number of benzene rings is 3. The minimum atomic E-state index is -4.62. The van der Waals surface area contributed by atoms with Crippen LogP contribution in [0.25, 0.3) is 0 Å². The molecule has 0 N–H and O–H groups in total. The lowest BCUT2D eigenvalue weighted by molar-refractivity contribution is -0.138. The van der Waals surface area contributed by atoms with Crippen molar-refractivity contribution >= 4 is 10.9 Å². The molecule has 3 rings (SSSR count). The maximum absolute atomic E-state index is 13.8. The fraction of sp³-hybridized carbons (Fsp3) is 0.100. The van der Waals surface area contributed by atoms with Crippen molar-refractivity contribution in [3.63, 3.8) is 0 Å². The highest BCUT2D eigenvalue weighted by Gasteiger charge is 2.31. The van der Waals surface area contributed by atoms with E-state index >= 15 is 0 Å². The van der Waals surface area contributed by atoms with E-state index in [4.69, 9.17) is 0 Å². The van der Waals surface area contributed by atoms with Crippen LogP contribution in [0.5, 0.6) is 0 Å². The SMILES string of the molecule is Fc1cc([SH](c2ccc(C(F)(F)F)cc2)c2ccc(C(F)(F)F)cc2)cc(F)c1F. The molecule has 0 atom stereocenters. The lowest BCUT2D eigenvalue weighted by Gasteiger charge is -2.24. The molecule has 30 heavy (non-hydrogen) atoms. The Labute approximate surface area is 167 Å². The van der Waals surface area contributed by atoms with Gasteiger partial charge in [0.25, 0.3) is 0 Å². The summed E-state index contributed by atoms with van der Waals surface area (Å²) in [6.45, 7) is 0. The topological polar surface area (TPSA) is 0 Å². The molecule has 0 saturated heterocycles. The Morgan fingerprint density at radius 2 is 0.833 bits per heavy atom. The van der Waals surface area contributed by atoms with Crippen LogP contribution in [0.1, 0.15) is 11.1 Å². The number of thiol groups is 1. The largest absolute Gasteiger partial charge is 0.416 e. The number of halogens is 9. The lowest BCUT2D eigenvalue weighted by Crippen LogP contribution is -2.05. The highest BCUT2D eigenvalue weighted by Crippen LogP contribution is 2.52. The molecule has 0 aromatic heterocycles. The molecule has 0 saturated carbocycles. The first-order valence-corrected chi connectivity index (χ1v) is 9.51. The van der Waals surface area contributed by atoms with Gasteiger partial charge in [-0.2, -0.15) is 37.2 Å². The van der Waals surface area contributed by atoms with E-state index in [1.54, 1.807) is 0 Å². The van der Waals surface area contributed by atoms with Gasteiger partial charge in [0.2, 0.25) is 0 Å². The average Bonchev–Trinajstić information content (AvgIpc) is 2.66. The Morgan fingerprint density at radius 3 is 1.13 bits per heavy atom. The van der Waals surface area contributed by atoms with Gasteiger partial charge in [-0.25, -0.2) is 13.2 Å². The molecule has 0 unspecified atom stereocenters. The van der Waals surface area contributed by atoms with Crippen LogP contribution in [0.15, 0.2) is 75.4 Å². The Hall–Kier alpha value is -2.62. The second-order valence-corrected chi connectivity index (χ2v) is 8.37. The highest BCUT2D eigenvalue weighted by molar-refractivity contribution is 8.17. The van der Waals surface area contributed by atoms with Crippen molar-refractivity contribution in [3.05, 3.63) is 89.2 Å². The van der Waals surface area contributed by atoms with Crippen LogP contribution in [0.2, 0.25) is 0 Å². The van der Waals surface area contributed by atoms with Crippen LogP contribution in [-0.4, -0.2) is 0 Å². The van der Waals surface area contributed by atoms with E-state index in [1.165, 1.54) is 0 Å². The summed E-state index contributed by atoms with van der Waals surface area (Å²) in [4.78, 5) is 0.257. The van der Waals surface area contributed by atoms with E-state index in [0.717, 1.165) is 48.5 Å². The summed E-state index contributed by atoms with van der Waals surface area (Å²) in [5, 5.41) is 0. The molecular formula is C20H11F9S. The molecule has 0 fully saturated rings. The van der Waals surface area contributed by atoms with E-state index in [2.05, 4.69) is 0 Å². The van der Waals surface area contributed by atoms with Gasteiger partial charge < -0.3 is 0 Å². The van der Waals surface area contributed by atoms with E-state index < -0.39 is 51.8 Å². The van der Waals surface area contributed by atoms with Crippen molar-refractivity contribution in [3.8, 4) is 0 Å². The molecule has 0 spiro atoms. The third-order valence-corrected chi connectivity index (χ3v) is 6.54. The fourth-order valence-electron chi connectivity index (χ4n) is 2.72. The first-order chi connectivity index (χ1) is 13.9. The lowest BCUT2D eigenvalue weighted by atomic mass is 10.2. The van der Waals surface area contributed by atoms with Crippen LogP contribution in [-0.2, 0) is 12.4 Å². The number of hydrogen-bond donors (Lipinski definition) is 1. The molecule has 0 aliphatic carbocycles. The Kier molecular flexibility index (Phi) is 5.81. The summed E-state index contributed by atoms with van der Waals surface area (Å²) in [6.07, 6.45) is -9.24. The molecule has 0 amide bonds.